The van der Waals surface area contributed by atoms with E-state index in [2.05, 4.69) is 13.5 Å². The first-order valence-electron chi connectivity index (χ1n) is 9.38. The van der Waals surface area contributed by atoms with Gasteiger partial charge in [-0.2, -0.15) is 0 Å². The summed E-state index contributed by atoms with van der Waals surface area (Å²) in [4.78, 5) is 24.4. The molecule has 24 heavy (non-hydrogen) atoms. The van der Waals surface area contributed by atoms with E-state index in [1.165, 1.54) is 0 Å². The van der Waals surface area contributed by atoms with E-state index in [4.69, 9.17) is 4.74 Å². The van der Waals surface area contributed by atoms with Gasteiger partial charge in [-0.25, -0.2) is 4.79 Å². The molecule has 0 radical (unpaired) electrons. The summed E-state index contributed by atoms with van der Waals surface area (Å²) in [6.07, 6.45) is 7.35. The molecule has 2 bridgehead atoms. The molecule has 1 N–H and O–H groups in total. The van der Waals surface area contributed by atoms with Crippen LogP contribution in [0.4, 0.5) is 0 Å². The summed E-state index contributed by atoms with van der Waals surface area (Å²) in [5.41, 5.74) is -0.421. The first kappa shape index (κ1) is 16.2. The standard InChI is InChI=1S/C20H28O4/c1-12-13-5-6-15-18(2)8-4-9-19(3,17(22)23)14(18)7-10-20(15,11-13)24-16(12)21/h13-15H,1,4-11H2,2-3H3,(H,22,23)/t13-,14+,15+,18-,19-,20-/m1/s1. The fourth-order valence-corrected chi connectivity index (χ4v) is 7.00. The zero-order valence-corrected chi connectivity index (χ0v) is 14.8. The number of aliphatic carboxylic acids is 1. The summed E-state index contributed by atoms with van der Waals surface area (Å²) in [5.74, 6) is -0.146. The molecule has 4 aliphatic rings. The average Bonchev–Trinajstić information content (AvgIpc) is 2.52. The molecule has 0 aromatic heterocycles. The molecular formula is C20H28O4. The highest BCUT2D eigenvalue weighted by atomic mass is 16.6. The minimum absolute atomic E-state index is 0.0481. The average molecular weight is 332 g/mol. The first-order chi connectivity index (χ1) is 11.2. The molecule has 1 aliphatic heterocycles. The zero-order chi connectivity index (χ0) is 17.3. The van der Waals surface area contributed by atoms with Gasteiger partial charge in [0.15, 0.2) is 0 Å². The van der Waals surface area contributed by atoms with Crippen molar-refractivity contribution in [3.05, 3.63) is 12.2 Å². The SMILES string of the molecule is C=C1C(=O)O[C@@]23CC[C@H]4[C@@](C)(CCC[C@@]4(C)C(=O)O)[C@@H]2CC[C@@H]1C3. The van der Waals surface area contributed by atoms with Crippen LogP contribution in [0.1, 0.15) is 65.2 Å². The Morgan fingerprint density at radius 1 is 1.17 bits per heavy atom. The van der Waals surface area contributed by atoms with Crippen LogP contribution < -0.4 is 0 Å². The lowest BCUT2D eigenvalue weighted by Crippen LogP contribution is -2.64. The Hall–Kier alpha value is -1.32. The van der Waals surface area contributed by atoms with Crippen molar-refractivity contribution >= 4 is 11.9 Å². The second-order valence-electron chi connectivity index (χ2n) is 9.18. The van der Waals surface area contributed by atoms with Crippen LogP contribution in [-0.4, -0.2) is 22.6 Å². The third-order valence-electron chi connectivity index (χ3n) is 8.20. The third kappa shape index (κ3) is 1.86. The molecule has 0 aromatic carbocycles. The molecule has 4 fully saturated rings. The second-order valence-corrected chi connectivity index (χ2v) is 9.18. The van der Waals surface area contributed by atoms with E-state index >= 15 is 0 Å². The van der Waals surface area contributed by atoms with Crippen molar-refractivity contribution in [3.8, 4) is 0 Å². The first-order valence-corrected chi connectivity index (χ1v) is 9.38. The van der Waals surface area contributed by atoms with Crippen molar-refractivity contribution < 1.29 is 19.4 Å². The summed E-state index contributed by atoms with van der Waals surface area (Å²) in [6, 6.07) is 0. The van der Waals surface area contributed by atoms with Gasteiger partial charge < -0.3 is 9.84 Å². The molecule has 1 heterocycles. The fraction of sp³-hybridized carbons (Fsp3) is 0.800. The monoisotopic (exact) mass is 332 g/mol. The van der Waals surface area contributed by atoms with E-state index in [1.807, 2.05) is 6.92 Å². The molecule has 4 rings (SSSR count). The summed E-state index contributed by atoms with van der Waals surface area (Å²) in [6.45, 7) is 8.16. The Labute approximate surface area is 143 Å². The molecule has 0 amide bonds. The van der Waals surface area contributed by atoms with Gasteiger partial charge in [0.05, 0.1) is 5.41 Å². The number of hydrogen-bond acceptors (Lipinski definition) is 3. The molecule has 3 aliphatic carbocycles. The molecule has 3 saturated carbocycles. The number of hydrogen-bond donors (Lipinski definition) is 1. The normalized spacial score (nSPS) is 50.5. The van der Waals surface area contributed by atoms with Crippen LogP contribution in [0.3, 0.4) is 0 Å². The highest BCUT2D eigenvalue weighted by Crippen LogP contribution is 2.67. The number of fused-ring (bicyclic) bond motifs is 3. The summed E-state index contributed by atoms with van der Waals surface area (Å²) >= 11 is 0. The molecule has 1 spiro atoms. The van der Waals surface area contributed by atoms with E-state index < -0.39 is 11.4 Å². The van der Waals surface area contributed by atoms with Gasteiger partial charge in [-0.05, 0) is 69.1 Å². The molecule has 0 aromatic rings. The van der Waals surface area contributed by atoms with Gasteiger partial charge >= 0.3 is 11.9 Å². The second kappa shape index (κ2) is 4.86. The molecule has 6 atom stereocenters. The smallest absolute Gasteiger partial charge is 0.334 e. The summed E-state index contributed by atoms with van der Waals surface area (Å²) in [5, 5.41) is 9.90. The van der Waals surface area contributed by atoms with Crippen LogP contribution in [0.2, 0.25) is 0 Å². The summed E-state index contributed by atoms with van der Waals surface area (Å²) in [7, 11) is 0. The Balaban J connectivity index is 1.74. The van der Waals surface area contributed by atoms with E-state index in [-0.39, 0.29) is 34.7 Å². The molecule has 1 saturated heterocycles. The van der Waals surface area contributed by atoms with Gasteiger partial charge in [0, 0.05) is 11.5 Å². The lowest BCUT2D eigenvalue weighted by Gasteiger charge is -2.65. The van der Waals surface area contributed by atoms with Crippen molar-refractivity contribution in [2.75, 3.05) is 0 Å². The Morgan fingerprint density at radius 3 is 2.62 bits per heavy atom. The largest absolute Gasteiger partial charge is 0.481 e. The number of carbonyl (C=O) groups is 2. The topological polar surface area (TPSA) is 63.6 Å². The van der Waals surface area contributed by atoms with Gasteiger partial charge in [-0.3, -0.25) is 4.79 Å². The van der Waals surface area contributed by atoms with Crippen LogP contribution in [0.5, 0.6) is 0 Å². The van der Waals surface area contributed by atoms with Gasteiger partial charge in [-0.1, -0.05) is 19.9 Å². The van der Waals surface area contributed by atoms with Crippen LogP contribution in [0.15, 0.2) is 12.2 Å². The number of carboxylic acid groups (broad SMARTS) is 1. The van der Waals surface area contributed by atoms with Crippen molar-refractivity contribution in [2.24, 2.45) is 28.6 Å². The third-order valence-corrected chi connectivity index (χ3v) is 8.20. The maximum Gasteiger partial charge on any atom is 0.334 e. The van der Waals surface area contributed by atoms with Crippen molar-refractivity contribution in [1.82, 2.24) is 0 Å². The fourth-order valence-electron chi connectivity index (χ4n) is 7.00. The van der Waals surface area contributed by atoms with Crippen LogP contribution in [0, 0.1) is 28.6 Å². The Kier molecular flexibility index (Phi) is 3.27. The molecule has 4 heteroatoms. The van der Waals surface area contributed by atoms with Crippen molar-refractivity contribution in [2.45, 2.75) is 70.8 Å². The lowest BCUT2D eigenvalue weighted by molar-refractivity contribution is -0.229. The summed E-state index contributed by atoms with van der Waals surface area (Å²) < 4.78 is 6.02. The maximum atomic E-state index is 12.3. The predicted molar refractivity (Wildman–Crippen MR) is 89.2 cm³/mol. The number of esters is 1. The van der Waals surface area contributed by atoms with Gasteiger partial charge in [-0.15, -0.1) is 0 Å². The van der Waals surface area contributed by atoms with Crippen molar-refractivity contribution in [3.63, 3.8) is 0 Å². The maximum absolute atomic E-state index is 12.3. The highest BCUT2D eigenvalue weighted by molar-refractivity contribution is 5.89. The molecule has 0 unspecified atom stereocenters. The van der Waals surface area contributed by atoms with E-state index in [0.717, 1.165) is 51.4 Å². The predicted octanol–water partition coefficient (Wildman–Crippen LogP) is 3.95. The van der Waals surface area contributed by atoms with Gasteiger partial charge in [0.2, 0.25) is 0 Å². The minimum Gasteiger partial charge on any atom is -0.481 e. The Morgan fingerprint density at radius 2 is 1.92 bits per heavy atom. The number of ether oxygens (including phenoxy) is 1. The molecule has 132 valence electrons. The number of rotatable bonds is 1. The van der Waals surface area contributed by atoms with Gasteiger partial charge in [0.25, 0.3) is 0 Å². The minimum atomic E-state index is -0.655. The quantitative estimate of drug-likeness (QED) is 0.583. The highest BCUT2D eigenvalue weighted by Gasteiger charge is 2.66. The van der Waals surface area contributed by atoms with Crippen LogP contribution in [-0.2, 0) is 14.3 Å². The molecular weight excluding hydrogens is 304 g/mol. The van der Waals surface area contributed by atoms with Crippen molar-refractivity contribution in [1.29, 1.82) is 0 Å². The van der Waals surface area contributed by atoms with Crippen LogP contribution in [0.25, 0.3) is 0 Å². The number of carbonyl (C=O) groups excluding carboxylic acids is 1. The van der Waals surface area contributed by atoms with Gasteiger partial charge in [0.1, 0.15) is 5.60 Å². The zero-order valence-electron chi connectivity index (χ0n) is 14.8. The van der Waals surface area contributed by atoms with E-state index in [0.29, 0.717) is 5.57 Å². The van der Waals surface area contributed by atoms with E-state index in [9.17, 15) is 14.7 Å². The number of carboxylic acids is 1. The van der Waals surface area contributed by atoms with Crippen LogP contribution >= 0.6 is 0 Å². The molecule has 4 nitrogen and oxygen atoms in total. The Bertz CT molecular complexity index is 625. The lowest BCUT2D eigenvalue weighted by atomic mass is 9.42. The van der Waals surface area contributed by atoms with E-state index in [1.54, 1.807) is 0 Å².